The molecule has 4 nitrogen and oxygen atoms in total. The van der Waals surface area contributed by atoms with E-state index >= 15 is 0 Å². The van der Waals surface area contributed by atoms with Crippen molar-refractivity contribution >= 4 is 11.7 Å². The van der Waals surface area contributed by atoms with Gasteiger partial charge in [0.1, 0.15) is 5.75 Å². The minimum atomic E-state index is -0.214. The Hall–Kier alpha value is -1.71. The van der Waals surface area contributed by atoms with E-state index in [4.69, 9.17) is 0 Å². The molecule has 25 heavy (non-hydrogen) atoms. The van der Waals surface area contributed by atoms with Crippen LogP contribution in [0.25, 0.3) is 0 Å². The molecule has 1 rings (SSSR count). The minimum absolute atomic E-state index is 0.152. The Labute approximate surface area is 153 Å². The van der Waals surface area contributed by atoms with Crippen molar-refractivity contribution < 1.29 is 9.90 Å². The third kappa shape index (κ3) is 12.3. The molecule has 3 N–H and O–H groups in total. The average Bonchev–Trinajstić information content (AvgIpc) is 2.59. The summed E-state index contributed by atoms with van der Waals surface area (Å²) in [6.07, 6.45) is 15.8. The number of hydrogen-bond acceptors (Lipinski definition) is 2. The maximum Gasteiger partial charge on any atom is 0.319 e. The number of benzene rings is 1. The number of rotatable bonds is 14. The Bertz CT molecular complexity index is 463. The molecule has 0 atom stereocenters. The summed E-state index contributed by atoms with van der Waals surface area (Å²) in [6, 6.07) is 6.35. The predicted octanol–water partition coefficient (Wildman–Crippen LogP) is 6.21. The first-order valence-electron chi connectivity index (χ1n) is 10.1. The second-order valence-electron chi connectivity index (χ2n) is 6.82. The van der Waals surface area contributed by atoms with Gasteiger partial charge in [-0.1, -0.05) is 83.6 Å². The molecule has 0 spiro atoms. The maximum absolute atomic E-state index is 11.7. The summed E-state index contributed by atoms with van der Waals surface area (Å²) in [6.45, 7) is 2.96. The topological polar surface area (TPSA) is 61.4 Å². The van der Waals surface area contributed by atoms with Gasteiger partial charge in [-0.05, 0) is 18.6 Å². The highest BCUT2D eigenvalue weighted by Crippen LogP contribution is 2.15. The van der Waals surface area contributed by atoms with Crippen molar-refractivity contribution in [2.45, 2.75) is 84.0 Å². The molecule has 1 aromatic rings. The molecular formula is C21H36N2O2. The van der Waals surface area contributed by atoms with Crippen molar-refractivity contribution in [3.05, 3.63) is 24.3 Å². The zero-order valence-corrected chi connectivity index (χ0v) is 15.9. The van der Waals surface area contributed by atoms with Gasteiger partial charge in [0.2, 0.25) is 0 Å². The Kier molecular flexibility index (Phi) is 12.5. The first-order valence-corrected chi connectivity index (χ1v) is 10.1. The summed E-state index contributed by atoms with van der Waals surface area (Å²) in [5.41, 5.74) is 0.604. The number of carbonyl (C=O) groups excluding carboxylic acids is 1. The van der Waals surface area contributed by atoms with Gasteiger partial charge in [-0.2, -0.15) is 0 Å². The van der Waals surface area contributed by atoms with E-state index in [-0.39, 0.29) is 11.8 Å². The van der Waals surface area contributed by atoms with Gasteiger partial charge >= 0.3 is 6.03 Å². The van der Waals surface area contributed by atoms with Crippen molar-refractivity contribution in [1.29, 1.82) is 0 Å². The van der Waals surface area contributed by atoms with Gasteiger partial charge in [0.25, 0.3) is 0 Å². The summed E-state index contributed by atoms with van der Waals surface area (Å²) in [4.78, 5) is 11.7. The molecule has 0 radical (unpaired) electrons. The van der Waals surface area contributed by atoms with Gasteiger partial charge in [-0.25, -0.2) is 4.79 Å². The van der Waals surface area contributed by atoms with E-state index in [1.807, 2.05) is 0 Å². The maximum atomic E-state index is 11.7. The first kappa shape index (κ1) is 21.3. The SMILES string of the molecule is CCCCCCCCCCCCCCNC(=O)Nc1cccc(O)c1. The summed E-state index contributed by atoms with van der Waals surface area (Å²) in [7, 11) is 0. The van der Waals surface area contributed by atoms with Crippen LogP contribution in [0.1, 0.15) is 84.0 Å². The van der Waals surface area contributed by atoms with Crippen LogP contribution in [-0.4, -0.2) is 17.7 Å². The average molecular weight is 349 g/mol. The number of hydrogen-bond donors (Lipinski definition) is 3. The van der Waals surface area contributed by atoms with Crippen LogP contribution < -0.4 is 10.6 Å². The van der Waals surface area contributed by atoms with Crippen LogP contribution in [0.5, 0.6) is 5.75 Å². The highest BCUT2D eigenvalue weighted by atomic mass is 16.3. The van der Waals surface area contributed by atoms with Crippen molar-refractivity contribution in [2.75, 3.05) is 11.9 Å². The number of anilines is 1. The molecule has 0 aliphatic rings. The second-order valence-corrected chi connectivity index (χ2v) is 6.82. The van der Waals surface area contributed by atoms with Crippen molar-refractivity contribution in [3.8, 4) is 5.75 Å². The van der Waals surface area contributed by atoms with Crippen molar-refractivity contribution in [1.82, 2.24) is 5.32 Å². The number of urea groups is 1. The van der Waals surface area contributed by atoms with Gasteiger partial charge in [0.15, 0.2) is 0 Å². The first-order chi connectivity index (χ1) is 12.2. The minimum Gasteiger partial charge on any atom is -0.508 e. The summed E-state index contributed by atoms with van der Waals surface area (Å²) in [5, 5.41) is 14.9. The fourth-order valence-electron chi connectivity index (χ4n) is 2.93. The fraction of sp³-hybridized carbons (Fsp3) is 0.667. The number of nitrogens with one attached hydrogen (secondary N) is 2. The van der Waals surface area contributed by atoms with Crippen LogP contribution in [0.3, 0.4) is 0 Å². The molecule has 0 fully saturated rings. The number of unbranched alkanes of at least 4 members (excludes halogenated alkanes) is 11. The lowest BCUT2D eigenvalue weighted by Gasteiger charge is -2.08. The summed E-state index contributed by atoms with van der Waals surface area (Å²) < 4.78 is 0. The van der Waals surface area contributed by atoms with Crippen LogP contribution >= 0.6 is 0 Å². The Morgan fingerprint density at radius 1 is 0.880 bits per heavy atom. The molecule has 0 unspecified atom stereocenters. The molecule has 0 aliphatic carbocycles. The van der Waals surface area contributed by atoms with Crippen molar-refractivity contribution in [3.63, 3.8) is 0 Å². The van der Waals surface area contributed by atoms with E-state index in [0.717, 1.165) is 6.42 Å². The molecule has 2 amide bonds. The van der Waals surface area contributed by atoms with Crippen LogP contribution in [0.4, 0.5) is 10.5 Å². The molecule has 0 saturated carbocycles. The smallest absolute Gasteiger partial charge is 0.319 e. The molecular weight excluding hydrogens is 312 g/mol. The summed E-state index contributed by atoms with van der Waals surface area (Å²) in [5.74, 6) is 0.152. The number of amides is 2. The second kappa shape index (κ2) is 14.6. The molecule has 142 valence electrons. The van der Waals surface area contributed by atoms with E-state index in [0.29, 0.717) is 12.2 Å². The highest BCUT2D eigenvalue weighted by Gasteiger charge is 2.01. The van der Waals surface area contributed by atoms with Crippen LogP contribution in [0.15, 0.2) is 24.3 Å². The Balaban J connectivity index is 1.86. The van der Waals surface area contributed by atoms with E-state index in [1.165, 1.54) is 76.7 Å². The molecule has 0 heterocycles. The van der Waals surface area contributed by atoms with E-state index in [1.54, 1.807) is 18.2 Å². The molecule has 1 aromatic carbocycles. The lowest BCUT2D eigenvalue weighted by molar-refractivity contribution is 0.252. The molecule has 4 heteroatoms. The monoisotopic (exact) mass is 348 g/mol. The Morgan fingerprint density at radius 3 is 2.00 bits per heavy atom. The van der Waals surface area contributed by atoms with Crippen LogP contribution in [0, 0.1) is 0 Å². The summed E-state index contributed by atoms with van der Waals surface area (Å²) >= 11 is 0. The molecule has 0 bridgehead atoms. The van der Waals surface area contributed by atoms with Gasteiger partial charge in [0.05, 0.1) is 0 Å². The third-order valence-electron chi connectivity index (χ3n) is 4.42. The number of phenolic OH excluding ortho intramolecular Hbond substituents is 1. The van der Waals surface area contributed by atoms with E-state index < -0.39 is 0 Å². The highest BCUT2D eigenvalue weighted by molar-refractivity contribution is 5.89. The van der Waals surface area contributed by atoms with Gasteiger partial charge in [-0.15, -0.1) is 0 Å². The molecule has 0 aromatic heterocycles. The number of aromatic hydroxyl groups is 1. The molecule has 0 saturated heterocycles. The van der Waals surface area contributed by atoms with Gasteiger partial charge in [0, 0.05) is 18.3 Å². The van der Waals surface area contributed by atoms with E-state index in [9.17, 15) is 9.90 Å². The van der Waals surface area contributed by atoms with Crippen LogP contribution in [0.2, 0.25) is 0 Å². The van der Waals surface area contributed by atoms with Crippen LogP contribution in [-0.2, 0) is 0 Å². The van der Waals surface area contributed by atoms with Crippen molar-refractivity contribution in [2.24, 2.45) is 0 Å². The van der Waals surface area contributed by atoms with Gasteiger partial charge < -0.3 is 15.7 Å². The number of carbonyl (C=O) groups is 1. The molecule has 0 aliphatic heterocycles. The fourth-order valence-corrected chi connectivity index (χ4v) is 2.93. The standard InChI is InChI=1S/C21H36N2O2/c1-2-3-4-5-6-7-8-9-10-11-12-13-17-22-21(25)23-19-15-14-16-20(24)18-19/h14-16,18,24H,2-13,17H2,1H3,(H2,22,23,25). The normalized spacial score (nSPS) is 10.6. The Morgan fingerprint density at radius 2 is 1.44 bits per heavy atom. The third-order valence-corrected chi connectivity index (χ3v) is 4.42. The van der Waals surface area contributed by atoms with Gasteiger partial charge in [-0.3, -0.25) is 0 Å². The zero-order chi connectivity index (χ0) is 18.2. The largest absolute Gasteiger partial charge is 0.508 e. The van der Waals surface area contributed by atoms with E-state index in [2.05, 4.69) is 17.6 Å². The zero-order valence-electron chi connectivity index (χ0n) is 15.9. The lowest BCUT2D eigenvalue weighted by atomic mass is 10.1. The predicted molar refractivity (Wildman–Crippen MR) is 106 cm³/mol. The lowest BCUT2D eigenvalue weighted by Crippen LogP contribution is -2.29. The quantitative estimate of drug-likeness (QED) is 0.350. The number of phenols is 1.